The Bertz CT molecular complexity index is 1270. The SMILES string of the molecule is COc1c(F)cccc1Nc1c(-c2ccncc2C#CC(C)(C)OC)[nH]c2c1C(=O)NCC2. The number of hydrogen-bond donors (Lipinski definition) is 3. The molecule has 0 radical (unpaired) electrons. The van der Waals surface area contributed by atoms with Gasteiger partial charge in [0.1, 0.15) is 5.60 Å². The Kier molecular flexibility index (Phi) is 6.07. The Morgan fingerprint density at radius 1 is 1.24 bits per heavy atom. The maximum absolute atomic E-state index is 14.3. The minimum Gasteiger partial charge on any atom is -0.492 e. The van der Waals surface area contributed by atoms with Gasteiger partial charge in [-0.15, -0.1) is 0 Å². The molecule has 8 heteroatoms. The van der Waals surface area contributed by atoms with Gasteiger partial charge in [0, 0.05) is 43.7 Å². The molecule has 1 aliphatic rings. The van der Waals surface area contributed by atoms with Gasteiger partial charge in [-0.3, -0.25) is 9.78 Å². The number of halogens is 1. The van der Waals surface area contributed by atoms with Crippen molar-refractivity contribution in [2.75, 3.05) is 26.1 Å². The Morgan fingerprint density at radius 3 is 2.82 bits per heavy atom. The number of pyridine rings is 1. The van der Waals surface area contributed by atoms with E-state index < -0.39 is 11.4 Å². The number of aromatic amines is 1. The minimum atomic E-state index is -0.641. The average molecular weight is 448 g/mol. The van der Waals surface area contributed by atoms with Crippen molar-refractivity contribution in [2.45, 2.75) is 25.9 Å². The van der Waals surface area contributed by atoms with Crippen molar-refractivity contribution < 1.29 is 18.7 Å². The number of fused-ring (bicyclic) bond motifs is 1. The highest BCUT2D eigenvalue weighted by molar-refractivity contribution is 6.06. The Morgan fingerprint density at radius 2 is 2.06 bits per heavy atom. The maximum atomic E-state index is 14.3. The van der Waals surface area contributed by atoms with E-state index in [1.165, 1.54) is 13.2 Å². The predicted octanol–water partition coefficient (Wildman–Crippen LogP) is 4.03. The van der Waals surface area contributed by atoms with Crippen molar-refractivity contribution in [2.24, 2.45) is 0 Å². The molecule has 0 spiro atoms. The number of rotatable bonds is 5. The number of methoxy groups -OCH3 is 2. The first-order valence-corrected chi connectivity index (χ1v) is 10.5. The molecule has 0 fully saturated rings. The van der Waals surface area contributed by atoms with Gasteiger partial charge in [-0.25, -0.2) is 4.39 Å². The van der Waals surface area contributed by atoms with Gasteiger partial charge in [0.05, 0.1) is 35.3 Å². The third-order valence-corrected chi connectivity index (χ3v) is 5.49. The lowest BCUT2D eigenvalue weighted by atomic mass is 10.0. The van der Waals surface area contributed by atoms with E-state index in [2.05, 4.69) is 32.4 Å². The summed E-state index contributed by atoms with van der Waals surface area (Å²) >= 11 is 0. The van der Waals surface area contributed by atoms with Gasteiger partial charge < -0.3 is 25.1 Å². The third-order valence-electron chi connectivity index (χ3n) is 5.49. The molecule has 1 aliphatic heterocycles. The van der Waals surface area contributed by atoms with Crippen LogP contribution >= 0.6 is 0 Å². The zero-order chi connectivity index (χ0) is 23.6. The van der Waals surface area contributed by atoms with Crippen LogP contribution in [0.1, 0.15) is 35.5 Å². The fraction of sp³-hybridized carbons (Fsp3) is 0.280. The predicted molar refractivity (Wildman–Crippen MR) is 124 cm³/mol. The molecule has 3 heterocycles. The number of carbonyl (C=O) groups is 1. The highest BCUT2D eigenvalue weighted by Crippen LogP contribution is 2.40. The van der Waals surface area contributed by atoms with E-state index in [0.717, 1.165) is 11.3 Å². The minimum absolute atomic E-state index is 0.0613. The number of H-pyrrole nitrogens is 1. The van der Waals surface area contributed by atoms with E-state index >= 15 is 0 Å². The molecule has 0 atom stereocenters. The molecule has 1 amide bonds. The van der Waals surface area contributed by atoms with Crippen LogP contribution < -0.4 is 15.4 Å². The van der Waals surface area contributed by atoms with Crippen LogP contribution in [0.2, 0.25) is 0 Å². The molecule has 0 aliphatic carbocycles. The number of hydrogen-bond acceptors (Lipinski definition) is 5. The summed E-state index contributed by atoms with van der Waals surface area (Å²) in [6, 6.07) is 6.42. The first-order chi connectivity index (χ1) is 15.8. The first-order valence-electron chi connectivity index (χ1n) is 10.5. The second-order valence-corrected chi connectivity index (χ2v) is 8.07. The summed E-state index contributed by atoms with van der Waals surface area (Å²) in [5, 5.41) is 6.11. The number of nitrogens with zero attached hydrogens (tertiary/aromatic N) is 1. The molecule has 0 bridgehead atoms. The van der Waals surface area contributed by atoms with Crippen LogP contribution in [0.15, 0.2) is 36.7 Å². The fourth-order valence-electron chi connectivity index (χ4n) is 3.64. The van der Waals surface area contributed by atoms with Crippen LogP contribution in [-0.4, -0.2) is 42.2 Å². The molecule has 0 saturated carbocycles. The molecular weight excluding hydrogens is 423 g/mol. The third kappa shape index (κ3) is 4.41. The van der Waals surface area contributed by atoms with E-state index in [9.17, 15) is 9.18 Å². The molecule has 1 aromatic carbocycles. The molecule has 3 aromatic rings. The zero-order valence-corrected chi connectivity index (χ0v) is 18.9. The monoisotopic (exact) mass is 448 g/mol. The van der Waals surface area contributed by atoms with Gasteiger partial charge in [0.15, 0.2) is 11.6 Å². The number of aromatic nitrogens is 2. The lowest BCUT2D eigenvalue weighted by Gasteiger charge is -2.17. The summed E-state index contributed by atoms with van der Waals surface area (Å²) in [5.41, 5.74) is 3.63. The van der Waals surface area contributed by atoms with Crippen LogP contribution in [0.3, 0.4) is 0 Å². The summed E-state index contributed by atoms with van der Waals surface area (Å²) in [5.74, 6) is 5.60. The first kappa shape index (κ1) is 22.4. The molecule has 4 rings (SSSR count). The van der Waals surface area contributed by atoms with Crippen LogP contribution in [0.5, 0.6) is 5.75 Å². The summed E-state index contributed by atoms with van der Waals surface area (Å²) in [7, 11) is 3.00. The van der Waals surface area contributed by atoms with Crippen molar-refractivity contribution >= 4 is 17.3 Å². The molecule has 7 nitrogen and oxygen atoms in total. The van der Waals surface area contributed by atoms with Crippen molar-refractivity contribution in [3.8, 4) is 28.8 Å². The number of para-hydroxylation sites is 1. The van der Waals surface area contributed by atoms with Gasteiger partial charge in [0.25, 0.3) is 5.91 Å². The van der Waals surface area contributed by atoms with Gasteiger partial charge in [-0.2, -0.15) is 0 Å². The summed E-state index contributed by atoms with van der Waals surface area (Å²) in [6.07, 6.45) is 3.97. The van der Waals surface area contributed by atoms with Crippen molar-refractivity contribution in [3.05, 3.63) is 59.3 Å². The molecular formula is C25H25FN4O3. The summed E-state index contributed by atoms with van der Waals surface area (Å²) in [6.45, 7) is 4.27. The van der Waals surface area contributed by atoms with Crippen LogP contribution in [0, 0.1) is 17.7 Å². The normalized spacial score (nSPS) is 12.9. The molecule has 2 aromatic heterocycles. The van der Waals surface area contributed by atoms with E-state index in [1.807, 2.05) is 19.9 Å². The topological polar surface area (TPSA) is 88.3 Å². The van der Waals surface area contributed by atoms with Crippen LogP contribution in [0.25, 0.3) is 11.3 Å². The quantitative estimate of drug-likeness (QED) is 0.513. The van der Waals surface area contributed by atoms with E-state index in [1.54, 1.807) is 31.6 Å². The molecule has 170 valence electrons. The second kappa shape index (κ2) is 8.96. The summed E-state index contributed by atoms with van der Waals surface area (Å²) in [4.78, 5) is 20.4. The lowest BCUT2D eigenvalue weighted by molar-refractivity contribution is 0.0741. The van der Waals surface area contributed by atoms with Gasteiger partial charge in [-0.05, 0) is 32.0 Å². The van der Waals surface area contributed by atoms with Crippen molar-refractivity contribution in [3.63, 3.8) is 0 Å². The van der Waals surface area contributed by atoms with Crippen molar-refractivity contribution in [1.29, 1.82) is 0 Å². The van der Waals surface area contributed by atoms with E-state index in [4.69, 9.17) is 9.47 Å². The molecule has 0 saturated heterocycles. The average Bonchev–Trinajstić information content (AvgIpc) is 3.17. The fourth-order valence-corrected chi connectivity index (χ4v) is 3.64. The Balaban J connectivity index is 1.90. The van der Waals surface area contributed by atoms with Crippen LogP contribution in [0.4, 0.5) is 15.8 Å². The zero-order valence-electron chi connectivity index (χ0n) is 18.9. The number of anilines is 2. The van der Waals surface area contributed by atoms with Gasteiger partial charge in [0.2, 0.25) is 0 Å². The number of nitrogens with one attached hydrogen (secondary N) is 3. The van der Waals surface area contributed by atoms with Gasteiger partial charge in [-0.1, -0.05) is 17.9 Å². The maximum Gasteiger partial charge on any atom is 0.255 e. The highest BCUT2D eigenvalue weighted by atomic mass is 19.1. The Hall–Kier alpha value is -3.83. The number of benzene rings is 1. The highest BCUT2D eigenvalue weighted by Gasteiger charge is 2.28. The smallest absolute Gasteiger partial charge is 0.255 e. The van der Waals surface area contributed by atoms with Gasteiger partial charge >= 0.3 is 0 Å². The summed E-state index contributed by atoms with van der Waals surface area (Å²) < 4.78 is 25.0. The van der Waals surface area contributed by atoms with E-state index in [0.29, 0.717) is 41.2 Å². The largest absolute Gasteiger partial charge is 0.492 e. The lowest BCUT2D eigenvalue weighted by Crippen LogP contribution is -2.31. The molecule has 3 N–H and O–H groups in total. The number of amides is 1. The van der Waals surface area contributed by atoms with Crippen LogP contribution in [-0.2, 0) is 11.2 Å². The van der Waals surface area contributed by atoms with E-state index in [-0.39, 0.29) is 11.7 Å². The number of carbonyl (C=O) groups excluding carboxylic acids is 1. The van der Waals surface area contributed by atoms with Crippen molar-refractivity contribution in [1.82, 2.24) is 15.3 Å². The Labute approximate surface area is 191 Å². The number of ether oxygens (including phenoxy) is 2. The second-order valence-electron chi connectivity index (χ2n) is 8.07. The molecule has 33 heavy (non-hydrogen) atoms. The standard InChI is InChI=1S/C25H25FN4O3/c1-25(2,33-4)11-8-15-14-27-12-9-16(15)21-22(20-18(29-21)10-13-28-24(20)31)30-19-7-5-6-17(26)23(19)32-3/h5-7,9,12,14,29-30H,10,13H2,1-4H3,(H,28,31). The molecule has 0 unspecified atom stereocenters.